The van der Waals surface area contributed by atoms with Crippen LogP contribution < -0.4 is 9.64 Å². The van der Waals surface area contributed by atoms with Gasteiger partial charge in [-0.15, -0.1) is 11.6 Å². The summed E-state index contributed by atoms with van der Waals surface area (Å²) in [7, 11) is 1.65. The molecule has 3 nitrogen and oxygen atoms in total. The molecule has 0 aromatic carbocycles. The van der Waals surface area contributed by atoms with E-state index in [0.29, 0.717) is 17.8 Å². The fourth-order valence-corrected chi connectivity index (χ4v) is 2.88. The van der Waals surface area contributed by atoms with Crippen molar-refractivity contribution in [2.24, 2.45) is 0 Å². The van der Waals surface area contributed by atoms with Crippen molar-refractivity contribution >= 4 is 17.3 Å². The van der Waals surface area contributed by atoms with Crippen LogP contribution >= 0.6 is 11.6 Å². The molecule has 1 heterocycles. The van der Waals surface area contributed by atoms with E-state index >= 15 is 0 Å². The molecule has 0 unspecified atom stereocenters. The SMILES string of the molecule is COc1cc(N(CCCl)C2CCCCC2)ccn1. The lowest BCUT2D eigenvalue weighted by Crippen LogP contribution is -2.38. The summed E-state index contributed by atoms with van der Waals surface area (Å²) in [5.41, 5.74) is 1.18. The maximum Gasteiger partial charge on any atom is 0.214 e. The summed E-state index contributed by atoms with van der Waals surface area (Å²) in [6, 6.07) is 4.66. The summed E-state index contributed by atoms with van der Waals surface area (Å²) in [5, 5.41) is 0. The normalized spacial score (nSPS) is 16.6. The molecule has 0 atom stereocenters. The summed E-state index contributed by atoms with van der Waals surface area (Å²) in [6.07, 6.45) is 8.35. The Hall–Kier alpha value is -0.960. The third kappa shape index (κ3) is 3.29. The number of anilines is 1. The lowest BCUT2D eigenvalue weighted by Gasteiger charge is -2.35. The summed E-state index contributed by atoms with van der Waals surface area (Å²) in [5.74, 6) is 1.32. The molecule has 1 fully saturated rings. The van der Waals surface area contributed by atoms with E-state index in [9.17, 15) is 0 Å². The predicted octanol–water partition coefficient (Wildman–Crippen LogP) is 3.47. The molecule has 1 aromatic heterocycles. The van der Waals surface area contributed by atoms with Crippen LogP contribution in [-0.4, -0.2) is 30.6 Å². The lowest BCUT2D eigenvalue weighted by atomic mass is 9.94. The van der Waals surface area contributed by atoms with Gasteiger partial charge in [-0.1, -0.05) is 19.3 Å². The maximum atomic E-state index is 5.95. The van der Waals surface area contributed by atoms with Crippen LogP contribution in [0.25, 0.3) is 0 Å². The average Bonchev–Trinajstić information content (AvgIpc) is 2.46. The zero-order valence-corrected chi connectivity index (χ0v) is 11.7. The van der Waals surface area contributed by atoms with Crippen molar-refractivity contribution in [1.29, 1.82) is 0 Å². The van der Waals surface area contributed by atoms with Gasteiger partial charge in [0.05, 0.1) is 7.11 Å². The summed E-state index contributed by atoms with van der Waals surface area (Å²) in [6.45, 7) is 0.888. The summed E-state index contributed by atoms with van der Waals surface area (Å²) in [4.78, 5) is 6.58. The van der Waals surface area contributed by atoms with E-state index < -0.39 is 0 Å². The fourth-order valence-electron chi connectivity index (χ4n) is 2.70. The van der Waals surface area contributed by atoms with Crippen LogP contribution in [0.3, 0.4) is 0 Å². The highest BCUT2D eigenvalue weighted by Gasteiger charge is 2.21. The first-order valence-electron chi connectivity index (χ1n) is 6.68. The molecule has 100 valence electrons. The molecule has 0 amide bonds. The zero-order valence-electron chi connectivity index (χ0n) is 10.9. The zero-order chi connectivity index (χ0) is 12.8. The van der Waals surface area contributed by atoms with Gasteiger partial charge in [-0.3, -0.25) is 0 Å². The third-order valence-electron chi connectivity index (χ3n) is 3.60. The molecule has 2 rings (SSSR count). The van der Waals surface area contributed by atoms with E-state index in [1.54, 1.807) is 13.3 Å². The van der Waals surface area contributed by atoms with Gasteiger partial charge in [0.1, 0.15) is 0 Å². The van der Waals surface area contributed by atoms with Crippen LogP contribution in [0.4, 0.5) is 5.69 Å². The Morgan fingerprint density at radius 2 is 2.17 bits per heavy atom. The van der Waals surface area contributed by atoms with Crippen LogP contribution in [0.1, 0.15) is 32.1 Å². The van der Waals surface area contributed by atoms with Crippen LogP contribution in [0.15, 0.2) is 18.3 Å². The third-order valence-corrected chi connectivity index (χ3v) is 3.77. The molecule has 0 saturated heterocycles. The molecular formula is C14H21ClN2O. The number of methoxy groups -OCH3 is 1. The number of aromatic nitrogens is 1. The molecule has 4 heteroatoms. The van der Waals surface area contributed by atoms with E-state index in [2.05, 4.69) is 9.88 Å². The molecule has 1 aromatic rings. The number of halogens is 1. The number of hydrogen-bond donors (Lipinski definition) is 0. The second kappa shape index (κ2) is 6.83. The van der Waals surface area contributed by atoms with Crippen molar-refractivity contribution < 1.29 is 4.74 Å². The van der Waals surface area contributed by atoms with Gasteiger partial charge in [0.15, 0.2) is 0 Å². The van der Waals surface area contributed by atoms with Gasteiger partial charge < -0.3 is 9.64 Å². The quantitative estimate of drug-likeness (QED) is 0.765. The molecule has 1 aliphatic rings. The number of nitrogens with zero attached hydrogens (tertiary/aromatic N) is 2. The minimum absolute atomic E-state index is 0.615. The number of ether oxygens (including phenoxy) is 1. The first kappa shape index (κ1) is 13.5. The van der Waals surface area contributed by atoms with Gasteiger partial charge in [-0.2, -0.15) is 0 Å². The molecule has 0 radical (unpaired) electrons. The van der Waals surface area contributed by atoms with Gasteiger partial charge in [0.25, 0.3) is 0 Å². The Balaban J connectivity index is 2.16. The monoisotopic (exact) mass is 268 g/mol. The summed E-state index contributed by atoms with van der Waals surface area (Å²) >= 11 is 5.95. The van der Waals surface area contributed by atoms with E-state index in [4.69, 9.17) is 16.3 Å². The van der Waals surface area contributed by atoms with Crippen LogP contribution in [-0.2, 0) is 0 Å². The van der Waals surface area contributed by atoms with Crippen molar-refractivity contribution in [3.63, 3.8) is 0 Å². The number of rotatable bonds is 5. The topological polar surface area (TPSA) is 25.4 Å². The largest absolute Gasteiger partial charge is 0.481 e. The fraction of sp³-hybridized carbons (Fsp3) is 0.643. The number of alkyl halides is 1. The van der Waals surface area contributed by atoms with Crippen molar-refractivity contribution in [3.05, 3.63) is 18.3 Å². The number of pyridine rings is 1. The Bertz CT molecular complexity index is 367. The molecule has 0 bridgehead atoms. The first-order valence-corrected chi connectivity index (χ1v) is 7.21. The second-order valence-electron chi connectivity index (χ2n) is 4.73. The Kier molecular flexibility index (Phi) is 5.12. The van der Waals surface area contributed by atoms with Crippen molar-refractivity contribution in [3.8, 4) is 5.88 Å². The first-order chi connectivity index (χ1) is 8.85. The van der Waals surface area contributed by atoms with Crippen LogP contribution in [0.5, 0.6) is 5.88 Å². The highest BCUT2D eigenvalue weighted by molar-refractivity contribution is 6.18. The Morgan fingerprint density at radius 1 is 1.39 bits per heavy atom. The van der Waals surface area contributed by atoms with Gasteiger partial charge in [-0.05, 0) is 18.9 Å². The van der Waals surface area contributed by atoms with Gasteiger partial charge >= 0.3 is 0 Å². The standard InChI is InChI=1S/C14H21ClN2O/c1-18-14-11-13(7-9-16-14)17(10-8-15)12-5-3-2-4-6-12/h7,9,11-12H,2-6,8,10H2,1H3. The average molecular weight is 269 g/mol. The molecule has 1 saturated carbocycles. The molecule has 0 N–H and O–H groups in total. The summed E-state index contributed by atoms with van der Waals surface area (Å²) < 4.78 is 5.20. The van der Waals surface area contributed by atoms with Crippen LogP contribution in [0.2, 0.25) is 0 Å². The smallest absolute Gasteiger partial charge is 0.214 e. The molecule has 18 heavy (non-hydrogen) atoms. The van der Waals surface area contributed by atoms with E-state index in [-0.39, 0.29) is 0 Å². The second-order valence-corrected chi connectivity index (χ2v) is 5.11. The van der Waals surface area contributed by atoms with Crippen molar-refractivity contribution in [2.75, 3.05) is 24.4 Å². The Morgan fingerprint density at radius 3 is 2.83 bits per heavy atom. The van der Waals surface area contributed by atoms with Crippen molar-refractivity contribution in [1.82, 2.24) is 4.98 Å². The molecule has 0 aliphatic heterocycles. The minimum atomic E-state index is 0.615. The van der Waals surface area contributed by atoms with Gasteiger partial charge in [-0.25, -0.2) is 4.98 Å². The molecule has 1 aliphatic carbocycles. The molecular weight excluding hydrogens is 248 g/mol. The number of hydrogen-bond acceptors (Lipinski definition) is 3. The molecule has 0 spiro atoms. The maximum absolute atomic E-state index is 5.95. The van der Waals surface area contributed by atoms with Gasteiger partial charge in [0, 0.05) is 36.4 Å². The van der Waals surface area contributed by atoms with Crippen molar-refractivity contribution in [2.45, 2.75) is 38.1 Å². The van der Waals surface area contributed by atoms with Crippen LogP contribution in [0, 0.1) is 0 Å². The Labute approximate surface area is 114 Å². The minimum Gasteiger partial charge on any atom is -0.481 e. The van der Waals surface area contributed by atoms with Gasteiger partial charge in [0.2, 0.25) is 5.88 Å². The lowest BCUT2D eigenvalue weighted by molar-refractivity contribution is 0.395. The highest BCUT2D eigenvalue weighted by Crippen LogP contribution is 2.28. The highest BCUT2D eigenvalue weighted by atomic mass is 35.5. The van der Waals surface area contributed by atoms with E-state index in [1.165, 1.54) is 37.8 Å². The van der Waals surface area contributed by atoms with E-state index in [1.807, 2.05) is 12.1 Å². The predicted molar refractivity (Wildman–Crippen MR) is 75.7 cm³/mol. The van der Waals surface area contributed by atoms with E-state index in [0.717, 1.165) is 6.54 Å².